The van der Waals surface area contributed by atoms with Crippen LogP contribution >= 0.6 is 0 Å². The number of hydrogen-bond donors (Lipinski definition) is 0. The third-order valence-corrected chi connectivity index (χ3v) is 9.66. The fourth-order valence-corrected chi connectivity index (χ4v) is 7.62. The van der Waals surface area contributed by atoms with Crippen molar-refractivity contribution >= 4 is 54.4 Å². The van der Waals surface area contributed by atoms with Crippen molar-refractivity contribution in [1.29, 1.82) is 0 Å². The lowest BCUT2D eigenvalue weighted by Gasteiger charge is -2.35. The lowest BCUT2D eigenvalue weighted by molar-refractivity contribution is 0.415. The van der Waals surface area contributed by atoms with Crippen molar-refractivity contribution < 1.29 is 4.74 Å². The summed E-state index contributed by atoms with van der Waals surface area (Å²) in [5.41, 5.74) is 6.02. The number of pyridine rings is 2. The molecule has 4 aromatic heterocycles. The summed E-state index contributed by atoms with van der Waals surface area (Å²) in [6.45, 7) is 4.46. The molecule has 5 aromatic carbocycles. The van der Waals surface area contributed by atoms with Crippen molar-refractivity contribution in [1.82, 2.24) is 24.5 Å². The van der Waals surface area contributed by atoms with E-state index in [0.717, 1.165) is 88.4 Å². The predicted molar refractivity (Wildman–Crippen MR) is 189 cm³/mol. The van der Waals surface area contributed by atoms with E-state index in [0.29, 0.717) is 5.95 Å². The Morgan fingerprint density at radius 3 is 2.21 bits per heavy atom. The van der Waals surface area contributed by atoms with Gasteiger partial charge in [-0.1, -0.05) is 84.9 Å². The first-order chi connectivity index (χ1) is 23.1. The van der Waals surface area contributed by atoms with Gasteiger partial charge in [0.1, 0.15) is 16.9 Å². The quantitative estimate of drug-likeness (QED) is 0.184. The van der Waals surface area contributed by atoms with Crippen molar-refractivity contribution in [2.75, 3.05) is 0 Å². The Balaban J connectivity index is 1.43. The van der Waals surface area contributed by atoms with E-state index in [2.05, 4.69) is 109 Å². The molecule has 0 aliphatic carbocycles. The minimum absolute atomic E-state index is 0.442. The van der Waals surface area contributed by atoms with Gasteiger partial charge in [-0.3, -0.25) is 9.55 Å². The minimum Gasteiger partial charge on any atom is -0.453 e. The Morgan fingerprint density at radius 2 is 1.34 bits per heavy atom. The average molecular weight is 606 g/mol. The molecule has 6 nitrogen and oxygen atoms in total. The monoisotopic (exact) mass is 605 g/mol. The smallest absolute Gasteiger partial charge is 0.237 e. The molecule has 0 spiro atoms. The van der Waals surface area contributed by atoms with E-state index < -0.39 is 5.41 Å². The van der Waals surface area contributed by atoms with Gasteiger partial charge in [0.2, 0.25) is 5.95 Å². The molecule has 47 heavy (non-hydrogen) atoms. The van der Waals surface area contributed by atoms with Crippen LogP contribution in [0.15, 0.2) is 128 Å². The molecule has 222 valence electrons. The number of rotatable bonds is 2. The van der Waals surface area contributed by atoms with Crippen LogP contribution in [0.3, 0.4) is 0 Å². The molecule has 0 N–H and O–H groups in total. The molecule has 0 saturated heterocycles. The van der Waals surface area contributed by atoms with Crippen molar-refractivity contribution in [2.45, 2.75) is 19.3 Å². The topological polar surface area (TPSA) is 65.7 Å². The first kappa shape index (κ1) is 26.1. The summed E-state index contributed by atoms with van der Waals surface area (Å²) in [6, 6.07) is 39.7. The molecule has 1 aliphatic rings. The number of aromatic nitrogens is 5. The van der Waals surface area contributed by atoms with Crippen molar-refractivity contribution in [3.05, 3.63) is 139 Å². The van der Waals surface area contributed by atoms with Gasteiger partial charge in [-0.2, -0.15) is 0 Å². The van der Waals surface area contributed by atoms with Gasteiger partial charge in [-0.15, -0.1) is 0 Å². The van der Waals surface area contributed by atoms with Crippen LogP contribution in [-0.2, 0) is 5.41 Å². The second-order valence-corrected chi connectivity index (χ2v) is 12.7. The highest BCUT2D eigenvalue weighted by molar-refractivity contribution is 6.24. The second-order valence-electron chi connectivity index (χ2n) is 12.7. The van der Waals surface area contributed by atoms with Crippen LogP contribution in [0.25, 0.3) is 71.6 Å². The van der Waals surface area contributed by atoms with Crippen LogP contribution in [0, 0.1) is 0 Å². The number of hydrogen-bond acceptors (Lipinski definition) is 5. The molecule has 9 aromatic rings. The zero-order valence-corrected chi connectivity index (χ0v) is 25.8. The average Bonchev–Trinajstić information content (AvgIpc) is 3.47. The van der Waals surface area contributed by atoms with Crippen LogP contribution in [0.4, 0.5) is 0 Å². The van der Waals surface area contributed by atoms with Crippen LogP contribution in [0.1, 0.15) is 25.1 Å². The predicted octanol–water partition coefficient (Wildman–Crippen LogP) is 9.92. The zero-order chi connectivity index (χ0) is 31.3. The maximum atomic E-state index is 6.93. The lowest BCUT2D eigenvalue weighted by Crippen LogP contribution is -2.26. The van der Waals surface area contributed by atoms with Crippen molar-refractivity contribution in [3.8, 4) is 28.7 Å². The summed E-state index contributed by atoms with van der Waals surface area (Å²) in [7, 11) is 0. The molecule has 0 radical (unpaired) electrons. The van der Waals surface area contributed by atoms with E-state index in [-0.39, 0.29) is 0 Å². The molecule has 0 saturated carbocycles. The maximum absolute atomic E-state index is 6.93. The first-order valence-electron chi connectivity index (χ1n) is 15.8. The highest BCUT2D eigenvalue weighted by Crippen LogP contribution is 2.54. The van der Waals surface area contributed by atoms with E-state index in [1.54, 1.807) is 0 Å². The first-order valence-corrected chi connectivity index (χ1v) is 15.8. The molecular formula is C41H27N5O. The standard InChI is InChI=1S/C41H27N5O/c1-41(2)33-28-17-9-8-16-27(28)32-29-18-10-23-43-39(29)46(36(32)37(33)47-31-19-11-22-42-38(31)41)40-44-34(25-13-4-3-5-14-25)30-21-20-24-12-6-7-15-26(24)35(30)45-40/h3-23H,1-2H3. The van der Waals surface area contributed by atoms with Gasteiger partial charge < -0.3 is 4.74 Å². The molecule has 10 rings (SSSR count). The Hall–Kier alpha value is -6.14. The number of benzene rings is 5. The fourth-order valence-electron chi connectivity index (χ4n) is 7.62. The van der Waals surface area contributed by atoms with Crippen LogP contribution in [0.2, 0.25) is 0 Å². The van der Waals surface area contributed by atoms with Gasteiger partial charge in [0.25, 0.3) is 0 Å². The number of fused-ring (bicyclic) bond motifs is 12. The third kappa shape index (κ3) is 3.55. The molecule has 0 bridgehead atoms. The van der Waals surface area contributed by atoms with E-state index in [9.17, 15) is 0 Å². The number of ether oxygens (including phenoxy) is 1. The summed E-state index contributed by atoms with van der Waals surface area (Å²) >= 11 is 0. The van der Waals surface area contributed by atoms with E-state index in [1.807, 2.05) is 36.7 Å². The van der Waals surface area contributed by atoms with Crippen LogP contribution in [0.5, 0.6) is 11.5 Å². The molecule has 6 heteroatoms. The zero-order valence-electron chi connectivity index (χ0n) is 25.8. The van der Waals surface area contributed by atoms with Gasteiger partial charge in [0.05, 0.1) is 16.9 Å². The van der Waals surface area contributed by atoms with Gasteiger partial charge in [0.15, 0.2) is 5.75 Å². The highest BCUT2D eigenvalue weighted by atomic mass is 16.5. The Bertz CT molecular complexity index is 2750. The van der Waals surface area contributed by atoms with Gasteiger partial charge >= 0.3 is 0 Å². The summed E-state index contributed by atoms with van der Waals surface area (Å²) in [6.07, 6.45) is 3.68. The Kier molecular flexibility index (Phi) is 5.24. The largest absolute Gasteiger partial charge is 0.453 e. The van der Waals surface area contributed by atoms with E-state index >= 15 is 0 Å². The number of nitrogens with zero attached hydrogens (tertiary/aromatic N) is 5. The maximum Gasteiger partial charge on any atom is 0.237 e. The lowest BCUT2D eigenvalue weighted by atomic mass is 9.75. The molecule has 0 unspecified atom stereocenters. The van der Waals surface area contributed by atoms with Crippen LogP contribution < -0.4 is 4.74 Å². The van der Waals surface area contributed by atoms with Gasteiger partial charge in [-0.25, -0.2) is 15.0 Å². The molecule has 5 heterocycles. The Labute approximate surface area is 270 Å². The summed E-state index contributed by atoms with van der Waals surface area (Å²) in [4.78, 5) is 20.6. The Morgan fingerprint density at radius 1 is 0.617 bits per heavy atom. The van der Waals surface area contributed by atoms with E-state index in [1.165, 1.54) is 0 Å². The molecule has 1 aliphatic heterocycles. The third-order valence-electron chi connectivity index (χ3n) is 9.66. The minimum atomic E-state index is -0.442. The van der Waals surface area contributed by atoms with Crippen LogP contribution in [-0.4, -0.2) is 24.5 Å². The molecule has 0 fully saturated rings. The summed E-state index contributed by atoms with van der Waals surface area (Å²) < 4.78 is 9.04. The highest BCUT2D eigenvalue weighted by Gasteiger charge is 2.40. The normalized spacial score (nSPS) is 13.7. The van der Waals surface area contributed by atoms with Crippen molar-refractivity contribution in [2.24, 2.45) is 0 Å². The van der Waals surface area contributed by atoms with Gasteiger partial charge in [-0.05, 0) is 60.3 Å². The van der Waals surface area contributed by atoms with Crippen molar-refractivity contribution in [3.63, 3.8) is 0 Å². The fraction of sp³-hybridized carbons (Fsp3) is 0.0732. The molecule has 0 atom stereocenters. The SMILES string of the molecule is CC1(C)c2ncccc2Oc2c1c1ccccc1c1c3cccnc3n(-c3nc(-c4ccccc4)c4ccc5ccccc5c4n3)c21. The van der Waals surface area contributed by atoms with E-state index in [4.69, 9.17) is 24.7 Å². The summed E-state index contributed by atoms with van der Waals surface area (Å²) in [5, 5.41) is 7.54. The molecule has 0 amide bonds. The second kappa shape index (κ2) is 9.44. The van der Waals surface area contributed by atoms with Gasteiger partial charge in [0, 0.05) is 50.5 Å². The summed E-state index contributed by atoms with van der Waals surface area (Å²) in [5.74, 6) is 2.08. The molecular weight excluding hydrogens is 578 g/mol.